The zero-order chi connectivity index (χ0) is 26.8. The summed E-state index contributed by atoms with van der Waals surface area (Å²) in [4.78, 5) is 39.4. The van der Waals surface area contributed by atoms with E-state index in [-0.39, 0.29) is 17.9 Å². The fraction of sp³-hybridized carbons (Fsp3) is 0.310. The number of carbonyl (C=O) groups excluding carboxylic acids is 2. The summed E-state index contributed by atoms with van der Waals surface area (Å²) in [5.74, 6) is 0.546. The SMILES string of the molecule is COC(=O)NC(C(=O)N1CCCC1c1ncc(-c2ccc(-c3ccc4nc(Cl)ccc4c3)cc2)[nH]1)C(C)C. The smallest absolute Gasteiger partial charge is 0.407 e. The minimum absolute atomic E-state index is 0.0785. The molecule has 0 saturated carbocycles. The zero-order valence-corrected chi connectivity index (χ0v) is 22.3. The molecule has 2 atom stereocenters. The number of nitrogens with one attached hydrogen (secondary N) is 2. The number of amides is 2. The number of benzene rings is 2. The molecule has 196 valence electrons. The van der Waals surface area contributed by atoms with E-state index in [9.17, 15) is 9.59 Å². The number of aromatic nitrogens is 3. The minimum Gasteiger partial charge on any atom is -0.453 e. The highest BCUT2D eigenvalue weighted by Gasteiger charge is 2.37. The van der Waals surface area contributed by atoms with Crippen molar-refractivity contribution < 1.29 is 14.3 Å². The minimum atomic E-state index is -0.659. The van der Waals surface area contributed by atoms with Crippen LogP contribution in [0.5, 0.6) is 0 Å². The summed E-state index contributed by atoms with van der Waals surface area (Å²) in [5.41, 5.74) is 4.94. The number of hydrogen-bond donors (Lipinski definition) is 2. The molecular formula is C29H30ClN5O3. The standard InChI is InChI=1S/C29H30ClN5O3/c1-17(2)26(34-29(37)38-3)28(36)35-14-4-5-24(35)27-31-16-23(33-27)19-8-6-18(7-9-19)20-10-12-22-21(15-20)11-13-25(30)32-22/h6-13,15-17,24,26H,4-5,14H2,1-3H3,(H,31,33)(H,34,37). The van der Waals surface area contributed by atoms with Gasteiger partial charge in [-0.3, -0.25) is 4.79 Å². The van der Waals surface area contributed by atoms with Crippen molar-refractivity contribution in [2.45, 2.75) is 38.8 Å². The van der Waals surface area contributed by atoms with Crippen LogP contribution in [0.3, 0.4) is 0 Å². The van der Waals surface area contributed by atoms with Gasteiger partial charge in [0.1, 0.15) is 17.0 Å². The van der Waals surface area contributed by atoms with Gasteiger partial charge in [-0.15, -0.1) is 0 Å². The van der Waals surface area contributed by atoms with Crippen molar-refractivity contribution in [2.24, 2.45) is 5.92 Å². The molecule has 0 spiro atoms. The molecule has 0 bridgehead atoms. The molecule has 0 radical (unpaired) electrons. The van der Waals surface area contributed by atoms with Crippen LogP contribution in [-0.4, -0.2) is 51.5 Å². The van der Waals surface area contributed by atoms with E-state index < -0.39 is 12.1 Å². The van der Waals surface area contributed by atoms with Gasteiger partial charge >= 0.3 is 6.09 Å². The van der Waals surface area contributed by atoms with Gasteiger partial charge in [0.2, 0.25) is 5.91 Å². The second-order valence-electron chi connectivity index (χ2n) is 9.85. The summed E-state index contributed by atoms with van der Waals surface area (Å²) in [7, 11) is 1.29. The van der Waals surface area contributed by atoms with E-state index in [1.54, 1.807) is 6.07 Å². The van der Waals surface area contributed by atoms with Crippen LogP contribution in [0.1, 0.15) is 38.6 Å². The van der Waals surface area contributed by atoms with Crippen LogP contribution in [0.25, 0.3) is 33.3 Å². The van der Waals surface area contributed by atoms with E-state index in [0.717, 1.165) is 52.0 Å². The number of hydrogen-bond acceptors (Lipinski definition) is 5. The predicted molar refractivity (Wildman–Crippen MR) is 148 cm³/mol. The average molecular weight is 532 g/mol. The Morgan fingerprint density at radius 1 is 1.08 bits per heavy atom. The third-order valence-corrected chi connectivity index (χ3v) is 7.23. The summed E-state index contributed by atoms with van der Waals surface area (Å²) < 4.78 is 4.72. The van der Waals surface area contributed by atoms with E-state index in [0.29, 0.717) is 11.7 Å². The lowest BCUT2D eigenvalue weighted by Gasteiger charge is -2.30. The first-order chi connectivity index (χ1) is 18.3. The van der Waals surface area contributed by atoms with E-state index in [1.807, 2.05) is 43.1 Å². The Balaban J connectivity index is 1.33. The second-order valence-corrected chi connectivity index (χ2v) is 10.2. The van der Waals surface area contributed by atoms with E-state index >= 15 is 0 Å². The number of fused-ring (bicyclic) bond motifs is 1. The normalized spacial score (nSPS) is 16.1. The number of alkyl carbamates (subject to hydrolysis) is 1. The molecule has 1 saturated heterocycles. The van der Waals surface area contributed by atoms with Crippen molar-refractivity contribution in [1.29, 1.82) is 0 Å². The van der Waals surface area contributed by atoms with Crippen LogP contribution in [0, 0.1) is 5.92 Å². The van der Waals surface area contributed by atoms with Crippen molar-refractivity contribution in [3.05, 3.63) is 71.8 Å². The average Bonchev–Trinajstić information content (AvgIpc) is 3.61. The summed E-state index contributed by atoms with van der Waals surface area (Å²) >= 11 is 6.01. The Hall–Kier alpha value is -3.91. The number of H-pyrrole nitrogens is 1. The van der Waals surface area contributed by atoms with E-state index in [1.165, 1.54) is 7.11 Å². The molecule has 1 fully saturated rings. The maximum absolute atomic E-state index is 13.4. The molecule has 1 aliphatic heterocycles. The molecule has 5 rings (SSSR count). The van der Waals surface area contributed by atoms with Crippen molar-refractivity contribution in [1.82, 2.24) is 25.2 Å². The molecule has 2 aromatic heterocycles. The first kappa shape index (κ1) is 25.7. The molecule has 38 heavy (non-hydrogen) atoms. The van der Waals surface area contributed by atoms with Crippen LogP contribution in [0.2, 0.25) is 5.15 Å². The Bertz CT molecular complexity index is 1470. The van der Waals surface area contributed by atoms with Gasteiger partial charge in [0.15, 0.2) is 0 Å². The Morgan fingerprint density at radius 3 is 2.55 bits per heavy atom. The maximum Gasteiger partial charge on any atom is 0.407 e. The molecule has 2 unspecified atom stereocenters. The lowest BCUT2D eigenvalue weighted by atomic mass is 10.0. The lowest BCUT2D eigenvalue weighted by Crippen LogP contribution is -2.51. The molecular weight excluding hydrogens is 502 g/mol. The van der Waals surface area contributed by atoms with Crippen LogP contribution in [-0.2, 0) is 9.53 Å². The van der Waals surface area contributed by atoms with Crippen molar-refractivity contribution in [2.75, 3.05) is 13.7 Å². The number of nitrogens with zero attached hydrogens (tertiary/aromatic N) is 3. The molecule has 2 aromatic carbocycles. The lowest BCUT2D eigenvalue weighted by molar-refractivity contribution is -0.135. The van der Waals surface area contributed by atoms with Gasteiger partial charge < -0.3 is 19.9 Å². The van der Waals surface area contributed by atoms with Gasteiger partial charge in [-0.1, -0.05) is 55.8 Å². The number of halogens is 1. The summed E-state index contributed by atoms with van der Waals surface area (Å²) in [6, 6.07) is 17.3. The zero-order valence-electron chi connectivity index (χ0n) is 21.6. The first-order valence-electron chi connectivity index (χ1n) is 12.7. The fourth-order valence-corrected chi connectivity index (χ4v) is 5.12. The Labute approximate surface area is 226 Å². The monoisotopic (exact) mass is 531 g/mol. The Kier molecular flexibility index (Phi) is 7.33. The highest BCUT2D eigenvalue weighted by molar-refractivity contribution is 6.29. The number of ether oxygens (including phenoxy) is 1. The number of methoxy groups -OCH3 is 1. The van der Waals surface area contributed by atoms with Crippen LogP contribution < -0.4 is 5.32 Å². The number of carbonyl (C=O) groups is 2. The van der Waals surface area contributed by atoms with Gasteiger partial charge in [-0.05, 0) is 59.7 Å². The largest absolute Gasteiger partial charge is 0.453 e. The molecule has 9 heteroatoms. The Morgan fingerprint density at radius 2 is 1.82 bits per heavy atom. The van der Waals surface area contributed by atoms with Crippen LogP contribution >= 0.6 is 11.6 Å². The molecule has 8 nitrogen and oxygen atoms in total. The third kappa shape index (κ3) is 5.22. The molecule has 3 heterocycles. The molecule has 2 N–H and O–H groups in total. The van der Waals surface area contributed by atoms with Gasteiger partial charge in [0.05, 0.1) is 30.6 Å². The van der Waals surface area contributed by atoms with Gasteiger partial charge in [0.25, 0.3) is 0 Å². The second kappa shape index (κ2) is 10.8. The van der Waals surface area contributed by atoms with Crippen molar-refractivity contribution >= 4 is 34.5 Å². The fourth-order valence-electron chi connectivity index (χ4n) is 4.97. The topological polar surface area (TPSA) is 100 Å². The molecule has 4 aromatic rings. The number of aromatic amines is 1. The van der Waals surface area contributed by atoms with Gasteiger partial charge in [-0.2, -0.15) is 0 Å². The summed E-state index contributed by atoms with van der Waals surface area (Å²) in [5, 5.41) is 4.20. The molecule has 2 amide bonds. The van der Waals surface area contributed by atoms with Gasteiger partial charge in [-0.25, -0.2) is 14.8 Å². The number of imidazole rings is 1. The first-order valence-corrected chi connectivity index (χ1v) is 13.1. The highest BCUT2D eigenvalue weighted by atomic mass is 35.5. The van der Waals surface area contributed by atoms with E-state index in [2.05, 4.69) is 50.6 Å². The third-order valence-electron chi connectivity index (χ3n) is 7.02. The van der Waals surface area contributed by atoms with Crippen LogP contribution in [0.4, 0.5) is 4.79 Å². The van der Waals surface area contributed by atoms with Gasteiger partial charge in [0, 0.05) is 11.9 Å². The quantitative estimate of drug-likeness (QED) is 0.298. The number of likely N-dealkylation sites (tertiary alicyclic amines) is 1. The van der Waals surface area contributed by atoms with E-state index in [4.69, 9.17) is 16.3 Å². The van der Waals surface area contributed by atoms with Crippen molar-refractivity contribution in [3.63, 3.8) is 0 Å². The van der Waals surface area contributed by atoms with Crippen molar-refractivity contribution in [3.8, 4) is 22.4 Å². The number of pyridine rings is 1. The summed E-state index contributed by atoms with van der Waals surface area (Å²) in [6.45, 7) is 4.43. The van der Waals surface area contributed by atoms with Crippen LogP contribution in [0.15, 0.2) is 60.8 Å². The molecule has 0 aliphatic carbocycles. The molecule has 1 aliphatic rings. The highest BCUT2D eigenvalue weighted by Crippen LogP contribution is 2.33. The maximum atomic E-state index is 13.4. The summed E-state index contributed by atoms with van der Waals surface area (Å²) in [6.07, 6.45) is 2.88. The predicted octanol–water partition coefficient (Wildman–Crippen LogP) is 5.99. The number of rotatable bonds is 6.